The molecule has 0 aliphatic carbocycles. The van der Waals surface area contributed by atoms with Crippen LogP contribution in [0.3, 0.4) is 0 Å². The Labute approximate surface area is 285 Å². The first-order valence-electron chi connectivity index (χ1n) is 15.4. The van der Waals surface area contributed by atoms with Crippen LogP contribution in [-0.2, 0) is 26.5 Å². The molecule has 1 radical (unpaired) electrons. The Morgan fingerprint density at radius 1 is 0.696 bits per heavy atom. The number of aryl methyl sites for hydroxylation is 4. The molecule has 7 aromatic rings. The zero-order valence-corrected chi connectivity index (χ0v) is 29.5. The van der Waals surface area contributed by atoms with Crippen molar-refractivity contribution in [2.45, 2.75) is 48.0 Å². The van der Waals surface area contributed by atoms with Crippen molar-refractivity contribution in [3.8, 4) is 33.8 Å². The SMILES string of the molecule is Cc1cc(-c2[c-]ccc3c2oc2nc(-c4c(C)cccc4C)ccc23)ncc1CC(C)C.Cc1ccc(-c2[c-]cccc2)nc1.[Ir]. The van der Waals surface area contributed by atoms with E-state index in [-0.39, 0.29) is 20.1 Å². The molecule has 5 heteroatoms. The Bertz CT molecular complexity index is 2080. The molecule has 0 saturated carbocycles. The number of pyridine rings is 3. The molecule has 0 spiro atoms. The first kappa shape index (κ1) is 32.9. The van der Waals surface area contributed by atoms with Crippen molar-refractivity contribution >= 4 is 22.1 Å². The fraction of sp³-hybridized carbons (Fsp3) is 0.195. The van der Waals surface area contributed by atoms with Gasteiger partial charge in [-0.05, 0) is 85.8 Å². The summed E-state index contributed by atoms with van der Waals surface area (Å²) in [5.74, 6) is 0.601. The normalized spacial score (nSPS) is 10.9. The zero-order valence-electron chi connectivity index (χ0n) is 27.1. The van der Waals surface area contributed by atoms with Gasteiger partial charge in [0, 0.05) is 43.4 Å². The summed E-state index contributed by atoms with van der Waals surface area (Å²) in [7, 11) is 0. The number of fused-ring (bicyclic) bond motifs is 3. The predicted molar refractivity (Wildman–Crippen MR) is 185 cm³/mol. The van der Waals surface area contributed by atoms with Crippen molar-refractivity contribution in [3.63, 3.8) is 0 Å². The number of nitrogens with zero attached hydrogens (tertiary/aromatic N) is 3. The van der Waals surface area contributed by atoms with E-state index >= 15 is 0 Å². The van der Waals surface area contributed by atoms with Gasteiger partial charge in [-0.25, -0.2) is 4.98 Å². The average Bonchev–Trinajstić information content (AvgIpc) is 3.41. The van der Waals surface area contributed by atoms with Crippen LogP contribution in [-0.4, -0.2) is 15.0 Å². The molecule has 4 heterocycles. The fourth-order valence-corrected chi connectivity index (χ4v) is 5.72. The number of benzene rings is 3. The largest absolute Gasteiger partial charge is 0.486 e. The van der Waals surface area contributed by atoms with Crippen molar-refractivity contribution < 1.29 is 24.5 Å². The summed E-state index contributed by atoms with van der Waals surface area (Å²) in [4.78, 5) is 14.0. The van der Waals surface area contributed by atoms with E-state index in [1.165, 1.54) is 33.4 Å². The number of hydrogen-bond donors (Lipinski definition) is 0. The number of rotatable bonds is 5. The number of hydrogen-bond acceptors (Lipinski definition) is 4. The molecule has 46 heavy (non-hydrogen) atoms. The van der Waals surface area contributed by atoms with E-state index in [0.717, 1.165) is 51.0 Å². The fourth-order valence-electron chi connectivity index (χ4n) is 5.72. The summed E-state index contributed by atoms with van der Waals surface area (Å²) in [6.07, 6.45) is 4.90. The van der Waals surface area contributed by atoms with Gasteiger partial charge in [0.1, 0.15) is 0 Å². The molecule has 0 aliphatic heterocycles. The minimum Gasteiger partial charge on any atom is -0.486 e. The molecule has 0 fully saturated rings. The second-order valence-electron chi connectivity index (χ2n) is 12.1. The summed E-state index contributed by atoms with van der Waals surface area (Å²) in [5, 5.41) is 2.05. The van der Waals surface area contributed by atoms with Gasteiger partial charge in [0.15, 0.2) is 0 Å². The molecule has 0 aliphatic rings. The van der Waals surface area contributed by atoms with E-state index < -0.39 is 0 Å². The van der Waals surface area contributed by atoms with E-state index in [2.05, 4.69) is 94.2 Å². The Morgan fingerprint density at radius 2 is 1.46 bits per heavy atom. The monoisotopic (exact) mass is 780 g/mol. The van der Waals surface area contributed by atoms with E-state index in [4.69, 9.17) is 14.4 Å². The van der Waals surface area contributed by atoms with Gasteiger partial charge in [0.05, 0.1) is 11.3 Å². The minimum atomic E-state index is 0. The van der Waals surface area contributed by atoms with E-state index in [9.17, 15) is 0 Å². The molecule has 0 atom stereocenters. The second-order valence-corrected chi connectivity index (χ2v) is 12.1. The molecule has 0 amide bonds. The smallest absolute Gasteiger partial charge is 0.216 e. The first-order valence-corrected chi connectivity index (χ1v) is 15.4. The van der Waals surface area contributed by atoms with Gasteiger partial charge in [0.2, 0.25) is 5.71 Å². The van der Waals surface area contributed by atoms with Crippen molar-refractivity contribution in [2.24, 2.45) is 5.92 Å². The Kier molecular flexibility index (Phi) is 10.3. The van der Waals surface area contributed by atoms with Crippen molar-refractivity contribution in [1.29, 1.82) is 0 Å². The number of furan rings is 1. The van der Waals surface area contributed by atoms with Crippen LogP contribution in [0.5, 0.6) is 0 Å². The van der Waals surface area contributed by atoms with Gasteiger partial charge in [-0.3, -0.25) is 0 Å². The third kappa shape index (κ3) is 7.02. The Hall–Kier alpha value is -4.44. The average molecular weight is 780 g/mol. The van der Waals surface area contributed by atoms with Crippen LogP contribution in [0.25, 0.3) is 55.8 Å². The molecular weight excluding hydrogens is 743 g/mol. The minimum absolute atomic E-state index is 0. The summed E-state index contributed by atoms with van der Waals surface area (Å²) < 4.78 is 6.33. The molecule has 233 valence electrons. The topological polar surface area (TPSA) is 51.8 Å². The molecule has 0 unspecified atom stereocenters. The van der Waals surface area contributed by atoms with Crippen LogP contribution in [0.15, 0.2) is 102 Å². The van der Waals surface area contributed by atoms with Crippen LogP contribution >= 0.6 is 0 Å². The molecular formula is C41H37IrN3O-2. The van der Waals surface area contributed by atoms with Crippen molar-refractivity contribution in [3.05, 3.63) is 137 Å². The first-order chi connectivity index (χ1) is 21.8. The van der Waals surface area contributed by atoms with Crippen LogP contribution in [0.2, 0.25) is 0 Å². The quantitative estimate of drug-likeness (QED) is 0.163. The molecule has 0 saturated heterocycles. The van der Waals surface area contributed by atoms with Crippen LogP contribution in [0, 0.1) is 45.7 Å². The Balaban J connectivity index is 0.000000250. The summed E-state index contributed by atoms with van der Waals surface area (Å²) in [5.41, 5.74) is 13.5. The van der Waals surface area contributed by atoms with Crippen LogP contribution in [0.4, 0.5) is 0 Å². The molecule has 0 bridgehead atoms. The van der Waals surface area contributed by atoms with Gasteiger partial charge in [-0.2, -0.15) is 0 Å². The molecule has 0 N–H and O–H groups in total. The summed E-state index contributed by atoms with van der Waals surface area (Å²) in [6, 6.07) is 35.1. The molecule has 4 aromatic heterocycles. The van der Waals surface area contributed by atoms with Crippen LogP contribution < -0.4 is 0 Å². The van der Waals surface area contributed by atoms with Crippen LogP contribution in [0.1, 0.15) is 41.7 Å². The van der Waals surface area contributed by atoms with Gasteiger partial charge >= 0.3 is 0 Å². The molecule has 7 rings (SSSR count). The van der Waals surface area contributed by atoms with Gasteiger partial charge < -0.3 is 14.4 Å². The third-order valence-corrected chi connectivity index (χ3v) is 8.04. The van der Waals surface area contributed by atoms with Gasteiger partial charge in [-0.15, -0.1) is 54.1 Å². The van der Waals surface area contributed by atoms with Gasteiger partial charge in [-0.1, -0.05) is 66.8 Å². The third-order valence-electron chi connectivity index (χ3n) is 8.04. The predicted octanol–water partition coefficient (Wildman–Crippen LogP) is 10.5. The van der Waals surface area contributed by atoms with E-state index in [0.29, 0.717) is 11.6 Å². The zero-order chi connectivity index (χ0) is 31.5. The van der Waals surface area contributed by atoms with Gasteiger partial charge in [0.25, 0.3) is 0 Å². The maximum atomic E-state index is 6.33. The van der Waals surface area contributed by atoms with Crippen molar-refractivity contribution in [2.75, 3.05) is 0 Å². The summed E-state index contributed by atoms with van der Waals surface area (Å²) >= 11 is 0. The van der Waals surface area contributed by atoms with E-state index in [1.807, 2.05) is 61.8 Å². The maximum Gasteiger partial charge on any atom is 0.216 e. The standard InChI is InChI=1S/C29H27N2O.C12H10N.Ir/c1-17(2)14-21-16-30-26(15-20(21)5)24-11-7-10-22-23-12-13-25(31-29(23)32-28(22)24)27-18(3)8-6-9-19(27)4;1-10-7-8-12(13-9-10)11-5-3-2-4-6-11;/h6-10,12-13,15-17H,14H2,1-5H3;2-5,7-9H,1H3;/q2*-1;. The maximum absolute atomic E-state index is 6.33. The molecule has 4 nitrogen and oxygen atoms in total. The number of aromatic nitrogens is 3. The Morgan fingerprint density at radius 3 is 2.13 bits per heavy atom. The molecule has 3 aromatic carbocycles. The van der Waals surface area contributed by atoms with Crippen molar-refractivity contribution in [1.82, 2.24) is 15.0 Å². The second kappa shape index (κ2) is 14.3. The van der Waals surface area contributed by atoms with E-state index in [1.54, 1.807) is 0 Å². The summed E-state index contributed by atoms with van der Waals surface area (Å²) in [6.45, 7) is 12.9.